The number of nitro groups is 1. The number of halogens is 3. The molecule has 0 saturated carbocycles. The van der Waals surface area contributed by atoms with E-state index in [-0.39, 0.29) is 1.43 Å². The van der Waals surface area contributed by atoms with Gasteiger partial charge in [-0.3, -0.25) is 24.5 Å². The lowest BCUT2D eigenvalue weighted by Crippen LogP contribution is -2.31. The van der Waals surface area contributed by atoms with Crippen LogP contribution in [0.1, 0.15) is 11.8 Å². The van der Waals surface area contributed by atoms with Crippen molar-refractivity contribution in [2.75, 3.05) is 11.9 Å². The Morgan fingerprint density at radius 2 is 1.87 bits per heavy atom. The molecule has 0 unspecified atom stereocenters. The summed E-state index contributed by atoms with van der Waals surface area (Å²) < 4.78 is 36.5. The van der Waals surface area contributed by atoms with Gasteiger partial charge < -0.3 is 15.7 Å². The minimum absolute atomic E-state index is 0. The van der Waals surface area contributed by atoms with Gasteiger partial charge in [-0.05, 0) is 6.07 Å². The van der Waals surface area contributed by atoms with E-state index in [9.17, 15) is 37.7 Å². The molecule has 0 radical (unpaired) electrons. The minimum atomic E-state index is -5.23. The molecule has 12 heteroatoms. The number of carbonyl (C=O) groups is 3. The molecule has 1 aromatic rings. The van der Waals surface area contributed by atoms with Crippen LogP contribution in [0.4, 0.5) is 24.5 Å². The van der Waals surface area contributed by atoms with Gasteiger partial charge in [0.1, 0.15) is 6.54 Å². The molecule has 9 nitrogen and oxygen atoms in total. The number of hydrogen-bond acceptors (Lipinski definition) is 5. The predicted octanol–water partition coefficient (Wildman–Crippen LogP) is 1.16. The average molecular weight is 337 g/mol. The number of amides is 2. The maximum Gasteiger partial charge on any atom is 0.471 e. The highest BCUT2D eigenvalue weighted by Gasteiger charge is 2.38. The average Bonchev–Trinajstić information content (AvgIpc) is 2.43. The zero-order valence-corrected chi connectivity index (χ0v) is 11.0. The zero-order chi connectivity index (χ0) is 17.8. The van der Waals surface area contributed by atoms with Crippen LogP contribution in [0, 0.1) is 10.1 Å². The highest BCUT2D eigenvalue weighted by Crippen LogP contribution is 2.23. The Bertz CT molecular complexity index is 679. The van der Waals surface area contributed by atoms with Crippen LogP contribution in [-0.2, 0) is 9.59 Å². The summed E-state index contributed by atoms with van der Waals surface area (Å²) in [7, 11) is 0. The number of benzene rings is 1. The molecule has 0 heterocycles. The number of nitro benzene ring substituents is 1. The summed E-state index contributed by atoms with van der Waals surface area (Å²) in [6.07, 6.45) is -5.23. The van der Waals surface area contributed by atoms with Gasteiger partial charge in [-0.1, -0.05) is 0 Å². The molecule has 0 saturated heterocycles. The molecule has 0 aromatic heterocycles. The second-order valence-corrected chi connectivity index (χ2v) is 4.05. The minimum Gasteiger partial charge on any atom is -0.480 e. The van der Waals surface area contributed by atoms with Gasteiger partial charge in [0, 0.05) is 24.8 Å². The highest BCUT2D eigenvalue weighted by atomic mass is 19.4. The Morgan fingerprint density at radius 1 is 1.26 bits per heavy atom. The summed E-state index contributed by atoms with van der Waals surface area (Å²) in [4.78, 5) is 42.5. The summed E-state index contributed by atoms with van der Waals surface area (Å²) in [6.45, 7) is -0.800. The highest BCUT2D eigenvalue weighted by molar-refractivity contribution is 6.00. The summed E-state index contributed by atoms with van der Waals surface area (Å²) in [6, 6.07) is 2.09. The van der Waals surface area contributed by atoms with Crippen LogP contribution in [0.15, 0.2) is 18.2 Å². The molecule has 23 heavy (non-hydrogen) atoms. The molecule has 0 bridgehead atoms. The molecule has 0 aliphatic rings. The number of carboxylic acids is 1. The maximum atomic E-state index is 12.2. The molecule has 0 aliphatic carbocycles. The van der Waals surface area contributed by atoms with E-state index in [0.29, 0.717) is 6.07 Å². The Hall–Kier alpha value is -3.18. The van der Waals surface area contributed by atoms with Crippen LogP contribution >= 0.6 is 0 Å². The van der Waals surface area contributed by atoms with E-state index < -0.39 is 52.4 Å². The number of nitrogens with one attached hydrogen (secondary N) is 2. The fraction of sp³-hybridized carbons (Fsp3) is 0.182. The van der Waals surface area contributed by atoms with Gasteiger partial charge in [0.15, 0.2) is 0 Å². The SMILES string of the molecule is O=C(O)CNC(=O)c1cc(NC(=O)C(F)(F)F)cc([N+](=O)[O-])c1.[HH]. The predicted molar refractivity (Wildman–Crippen MR) is 69.9 cm³/mol. The summed E-state index contributed by atoms with van der Waals surface area (Å²) >= 11 is 0. The topological polar surface area (TPSA) is 139 Å². The van der Waals surface area contributed by atoms with E-state index in [1.54, 1.807) is 0 Å². The van der Waals surface area contributed by atoms with Crippen molar-refractivity contribution in [3.8, 4) is 0 Å². The molecule has 0 spiro atoms. The van der Waals surface area contributed by atoms with Gasteiger partial charge in [-0.15, -0.1) is 0 Å². The number of carboxylic acid groups (broad SMARTS) is 1. The Morgan fingerprint density at radius 3 is 2.35 bits per heavy atom. The standard InChI is InChI=1S/C11H8F3N3O6.H2/c12-11(13,14)10(21)16-6-1-5(2-7(3-6)17(22)23)9(20)15-4-8(18)19;/h1-3H,4H2,(H,15,20)(H,16,21)(H,18,19);1H. The number of aliphatic carboxylic acids is 1. The lowest BCUT2D eigenvalue weighted by atomic mass is 10.1. The van der Waals surface area contributed by atoms with Crippen molar-refractivity contribution in [1.29, 1.82) is 0 Å². The summed E-state index contributed by atoms with van der Waals surface area (Å²) in [5, 5.41) is 22.4. The fourth-order valence-electron chi connectivity index (χ4n) is 1.38. The van der Waals surface area contributed by atoms with Crippen molar-refractivity contribution in [2.45, 2.75) is 6.18 Å². The van der Waals surface area contributed by atoms with Crippen LogP contribution < -0.4 is 10.6 Å². The third-order valence-corrected chi connectivity index (χ3v) is 2.31. The quantitative estimate of drug-likeness (QED) is 0.544. The van der Waals surface area contributed by atoms with E-state index in [1.807, 2.05) is 5.32 Å². The molecule has 1 aromatic carbocycles. The van der Waals surface area contributed by atoms with Crippen LogP contribution in [0.3, 0.4) is 0 Å². The Kier molecular flexibility index (Phi) is 5.22. The van der Waals surface area contributed by atoms with E-state index in [0.717, 1.165) is 12.1 Å². The third-order valence-electron chi connectivity index (χ3n) is 2.31. The van der Waals surface area contributed by atoms with E-state index in [2.05, 4.69) is 0 Å². The monoisotopic (exact) mass is 337 g/mol. The lowest BCUT2D eigenvalue weighted by molar-refractivity contribution is -0.384. The van der Waals surface area contributed by atoms with E-state index in [1.165, 1.54) is 5.32 Å². The zero-order valence-electron chi connectivity index (χ0n) is 11.0. The van der Waals surface area contributed by atoms with Crippen molar-refractivity contribution in [3.05, 3.63) is 33.9 Å². The molecule has 0 fully saturated rings. The summed E-state index contributed by atoms with van der Waals surface area (Å²) in [5.74, 6) is -4.84. The number of nitrogens with zero attached hydrogens (tertiary/aromatic N) is 1. The van der Waals surface area contributed by atoms with Crippen molar-refractivity contribution >= 4 is 29.2 Å². The molecule has 126 valence electrons. The van der Waals surface area contributed by atoms with Crippen molar-refractivity contribution in [1.82, 2.24) is 5.32 Å². The van der Waals surface area contributed by atoms with Crippen molar-refractivity contribution in [2.24, 2.45) is 0 Å². The van der Waals surface area contributed by atoms with Crippen LogP contribution in [-0.4, -0.2) is 40.5 Å². The molecule has 2 amide bonds. The largest absolute Gasteiger partial charge is 0.480 e. The van der Waals surface area contributed by atoms with Crippen LogP contribution in [0.2, 0.25) is 0 Å². The third kappa shape index (κ3) is 5.26. The van der Waals surface area contributed by atoms with Crippen molar-refractivity contribution < 1.29 is 39.0 Å². The molecule has 1 rings (SSSR count). The van der Waals surface area contributed by atoms with Gasteiger partial charge in [-0.25, -0.2) is 0 Å². The first-order valence-electron chi connectivity index (χ1n) is 5.68. The molecule has 0 atom stereocenters. The van der Waals surface area contributed by atoms with Gasteiger partial charge in [0.05, 0.1) is 4.92 Å². The number of non-ortho nitro benzene ring substituents is 1. The van der Waals surface area contributed by atoms with Gasteiger partial charge in [0.25, 0.3) is 11.6 Å². The Balaban J connectivity index is 0.00000529. The lowest BCUT2D eigenvalue weighted by Gasteiger charge is -2.09. The molecular formula is C11H10F3N3O6. The smallest absolute Gasteiger partial charge is 0.471 e. The second kappa shape index (κ2) is 6.72. The number of carbonyl (C=O) groups excluding carboxylic acids is 2. The van der Waals surface area contributed by atoms with Gasteiger partial charge >= 0.3 is 18.1 Å². The van der Waals surface area contributed by atoms with Crippen molar-refractivity contribution in [3.63, 3.8) is 0 Å². The normalized spacial score (nSPS) is 10.7. The Labute approximate surface area is 126 Å². The van der Waals surface area contributed by atoms with Crippen LogP contribution in [0.5, 0.6) is 0 Å². The number of alkyl halides is 3. The van der Waals surface area contributed by atoms with E-state index in [4.69, 9.17) is 5.11 Å². The van der Waals surface area contributed by atoms with Gasteiger partial charge in [0.2, 0.25) is 0 Å². The molecule has 0 aliphatic heterocycles. The first-order chi connectivity index (χ1) is 10.5. The fourth-order valence-corrected chi connectivity index (χ4v) is 1.38. The number of rotatable bonds is 5. The number of hydrogen-bond donors (Lipinski definition) is 3. The van der Waals surface area contributed by atoms with E-state index >= 15 is 0 Å². The first-order valence-corrected chi connectivity index (χ1v) is 5.68. The second-order valence-electron chi connectivity index (χ2n) is 4.05. The molecular weight excluding hydrogens is 327 g/mol. The van der Waals surface area contributed by atoms with Gasteiger partial charge in [-0.2, -0.15) is 13.2 Å². The maximum absolute atomic E-state index is 12.2. The summed E-state index contributed by atoms with van der Waals surface area (Å²) in [5.41, 5.74) is -1.88. The number of anilines is 1. The van der Waals surface area contributed by atoms with Crippen LogP contribution in [0.25, 0.3) is 0 Å². The molecule has 3 N–H and O–H groups in total. The first kappa shape index (κ1) is 17.9.